The summed E-state index contributed by atoms with van der Waals surface area (Å²) < 4.78 is 5.91. The van der Waals surface area contributed by atoms with Crippen molar-refractivity contribution in [3.63, 3.8) is 0 Å². The van der Waals surface area contributed by atoms with Crippen LogP contribution in [0.1, 0.15) is 39.5 Å². The molecule has 0 aromatic rings. The third-order valence-electron chi connectivity index (χ3n) is 3.54. The minimum atomic E-state index is -0.400. The fourth-order valence-electron chi connectivity index (χ4n) is 2.46. The molecule has 19 heavy (non-hydrogen) atoms. The number of hydrogen-bond donors (Lipinski definition) is 1. The fourth-order valence-corrected chi connectivity index (χ4v) is 2.46. The lowest BCUT2D eigenvalue weighted by Crippen LogP contribution is -2.17. The minimum Gasteiger partial charge on any atom is -0.493 e. The van der Waals surface area contributed by atoms with E-state index >= 15 is 0 Å². The van der Waals surface area contributed by atoms with Crippen molar-refractivity contribution in [2.75, 3.05) is 6.61 Å². The summed E-state index contributed by atoms with van der Waals surface area (Å²) in [4.78, 5) is 0. The molecule has 2 aliphatic rings. The molecule has 2 heteroatoms. The van der Waals surface area contributed by atoms with Gasteiger partial charge in [-0.05, 0) is 36.3 Å². The molecule has 1 heterocycles. The van der Waals surface area contributed by atoms with Crippen LogP contribution in [0.4, 0.5) is 0 Å². The monoisotopic (exact) mass is 260 g/mol. The third kappa shape index (κ3) is 4.10. The van der Waals surface area contributed by atoms with Crippen LogP contribution < -0.4 is 0 Å². The van der Waals surface area contributed by atoms with E-state index in [0.29, 0.717) is 12.5 Å². The number of rotatable bonds is 3. The predicted molar refractivity (Wildman–Crippen MR) is 78.7 cm³/mol. The Bertz CT molecular complexity index is 425. The highest BCUT2D eigenvalue weighted by atomic mass is 16.5. The van der Waals surface area contributed by atoms with Gasteiger partial charge in [-0.1, -0.05) is 44.2 Å². The zero-order chi connectivity index (χ0) is 13.7. The lowest BCUT2D eigenvalue weighted by molar-refractivity contribution is 0.149. The van der Waals surface area contributed by atoms with E-state index in [1.807, 2.05) is 12.2 Å². The van der Waals surface area contributed by atoms with Gasteiger partial charge in [-0.3, -0.25) is 0 Å². The van der Waals surface area contributed by atoms with E-state index in [4.69, 9.17) is 4.74 Å². The summed E-state index contributed by atoms with van der Waals surface area (Å²) in [7, 11) is 0. The molecule has 0 bridgehead atoms. The van der Waals surface area contributed by atoms with E-state index in [0.717, 1.165) is 37.0 Å². The number of aliphatic hydroxyl groups excluding tert-OH is 1. The van der Waals surface area contributed by atoms with Crippen LogP contribution in [-0.2, 0) is 4.74 Å². The summed E-state index contributed by atoms with van der Waals surface area (Å²) in [6.07, 6.45) is 13.9. The molecule has 1 aliphatic heterocycles. The van der Waals surface area contributed by atoms with Crippen molar-refractivity contribution >= 4 is 0 Å². The average Bonchev–Trinajstić information content (AvgIpc) is 2.80. The van der Waals surface area contributed by atoms with Crippen molar-refractivity contribution in [1.29, 1.82) is 0 Å². The molecule has 0 saturated heterocycles. The number of aliphatic hydroxyl groups is 1. The molecule has 104 valence electrons. The first-order valence-corrected chi connectivity index (χ1v) is 7.22. The Labute approximate surface area is 116 Å². The summed E-state index contributed by atoms with van der Waals surface area (Å²) in [5.41, 5.74) is 2.29. The van der Waals surface area contributed by atoms with E-state index in [1.165, 1.54) is 5.57 Å². The van der Waals surface area contributed by atoms with Crippen molar-refractivity contribution in [2.24, 2.45) is 5.92 Å². The van der Waals surface area contributed by atoms with Crippen LogP contribution in [0.2, 0.25) is 0 Å². The fraction of sp³-hybridized carbons (Fsp3) is 0.529. The topological polar surface area (TPSA) is 29.5 Å². The molecule has 1 N–H and O–H groups in total. The third-order valence-corrected chi connectivity index (χ3v) is 3.54. The van der Waals surface area contributed by atoms with Crippen LogP contribution in [-0.4, -0.2) is 17.8 Å². The quantitative estimate of drug-likeness (QED) is 0.834. The van der Waals surface area contributed by atoms with Crippen LogP contribution >= 0.6 is 0 Å². The van der Waals surface area contributed by atoms with Gasteiger partial charge >= 0.3 is 0 Å². The van der Waals surface area contributed by atoms with Gasteiger partial charge in [0, 0.05) is 6.42 Å². The van der Waals surface area contributed by atoms with Crippen molar-refractivity contribution in [2.45, 2.75) is 45.6 Å². The van der Waals surface area contributed by atoms with Gasteiger partial charge < -0.3 is 9.84 Å². The maximum Gasteiger partial charge on any atom is 0.112 e. The highest BCUT2D eigenvalue weighted by Gasteiger charge is 2.16. The first-order valence-electron chi connectivity index (χ1n) is 7.22. The maximum absolute atomic E-state index is 10.2. The van der Waals surface area contributed by atoms with Crippen LogP contribution in [0.3, 0.4) is 0 Å². The van der Waals surface area contributed by atoms with Crippen molar-refractivity contribution in [3.8, 4) is 0 Å². The normalized spacial score (nSPS) is 25.6. The Hall–Kier alpha value is -1.28. The highest BCUT2D eigenvalue weighted by molar-refractivity contribution is 5.32. The van der Waals surface area contributed by atoms with Crippen LogP contribution in [0.25, 0.3) is 0 Å². The maximum atomic E-state index is 10.2. The van der Waals surface area contributed by atoms with Crippen molar-refractivity contribution < 1.29 is 9.84 Å². The Morgan fingerprint density at radius 1 is 1.32 bits per heavy atom. The Morgan fingerprint density at radius 2 is 2.16 bits per heavy atom. The molecule has 1 atom stereocenters. The highest BCUT2D eigenvalue weighted by Crippen LogP contribution is 2.26. The first kappa shape index (κ1) is 14.1. The Morgan fingerprint density at radius 3 is 2.95 bits per heavy atom. The van der Waals surface area contributed by atoms with Crippen LogP contribution in [0.5, 0.6) is 0 Å². The largest absolute Gasteiger partial charge is 0.493 e. The van der Waals surface area contributed by atoms with Gasteiger partial charge in [-0.25, -0.2) is 0 Å². The standard InChI is InChI=1S/C17H24O2/c1-13(2)11-16(18)15-8-5-3-4-7-14-9-6-10-17(14)19-12-15/h3,5-6,8-9,13,16,18H,4,7,10-12H2,1-2H3/b5-3-,15-8+. The SMILES string of the molecule is CC(C)CC(O)/C1=C/C=C\CCC2=C(CC=C2)OC1. The zero-order valence-electron chi connectivity index (χ0n) is 11.9. The molecule has 0 amide bonds. The van der Waals surface area contributed by atoms with E-state index in [9.17, 15) is 5.11 Å². The number of ether oxygens (including phenoxy) is 1. The van der Waals surface area contributed by atoms with E-state index in [-0.39, 0.29) is 0 Å². The van der Waals surface area contributed by atoms with Gasteiger partial charge in [-0.2, -0.15) is 0 Å². The molecule has 1 unspecified atom stereocenters. The molecule has 0 spiro atoms. The number of hydrogen-bond acceptors (Lipinski definition) is 2. The average molecular weight is 260 g/mol. The lowest BCUT2D eigenvalue weighted by Gasteiger charge is -2.19. The molecule has 0 fully saturated rings. The van der Waals surface area contributed by atoms with E-state index in [2.05, 4.69) is 32.1 Å². The molecule has 0 aromatic carbocycles. The van der Waals surface area contributed by atoms with Gasteiger partial charge in [0.1, 0.15) is 12.4 Å². The lowest BCUT2D eigenvalue weighted by atomic mass is 9.99. The summed E-state index contributed by atoms with van der Waals surface area (Å²) in [5, 5.41) is 10.2. The van der Waals surface area contributed by atoms with Gasteiger partial charge in [0.25, 0.3) is 0 Å². The van der Waals surface area contributed by atoms with E-state index < -0.39 is 6.10 Å². The molecular formula is C17H24O2. The molecule has 0 saturated carbocycles. The molecule has 2 nitrogen and oxygen atoms in total. The first-order chi connectivity index (χ1) is 9.16. The van der Waals surface area contributed by atoms with Gasteiger partial charge in [0.05, 0.1) is 6.10 Å². The van der Waals surface area contributed by atoms with Gasteiger partial charge in [0.2, 0.25) is 0 Å². The molecule has 0 aromatic heterocycles. The summed E-state index contributed by atoms with van der Waals surface area (Å²) in [6, 6.07) is 0. The zero-order valence-corrected chi connectivity index (χ0v) is 11.9. The second-order valence-corrected chi connectivity index (χ2v) is 5.70. The predicted octanol–water partition coefficient (Wildman–Crippen LogP) is 3.90. The summed E-state index contributed by atoms with van der Waals surface area (Å²) in [6.45, 7) is 4.75. The van der Waals surface area contributed by atoms with Gasteiger partial charge in [0.15, 0.2) is 0 Å². The molecule has 2 rings (SSSR count). The minimum absolute atomic E-state index is 0.400. The number of allylic oxidation sites excluding steroid dienone is 6. The molecule has 0 radical (unpaired) electrons. The Balaban J connectivity index is 2.07. The van der Waals surface area contributed by atoms with Crippen molar-refractivity contribution in [1.82, 2.24) is 0 Å². The molecule has 1 aliphatic carbocycles. The molecular weight excluding hydrogens is 236 g/mol. The van der Waals surface area contributed by atoms with E-state index in [1.54, 1.807) is 0 Å². The second kappa shape index (κ2) is 6.76. The second-order valence-electron chi connectivity index (χ2n) is 5.70. The summed E-state index contributed by atoms with van der Waals surface area (Å²) >= 11 is 0. The van der Waals surface area contributed by atoms with Crippen LogP contribution in [0, 0.1) is 5.92 Å². The smallest absolute Gasteiger partial charge is 0.112 e. The Kier molecular flexibility index (Phi) is 5.03. The van der Waals surface area contributed by atoms with Crippen molar-refractivity contribution in [3.05, 3.63) is 47.3 Å². The van der Waals surface area contributed by atoms with Crippen LogP contribution in [0.15, 0.2) is 47.3 Å². The summed E-state index contributed by atoms with van der Waals surface area (Å²) in [5.74, 6) is 1.57. The van der Waals surface area contributed by atoms with Gasteiger partial charge in [-0.15, -0.1) is 0 Å².